The number of hydrogen-bond acceptors (Lipinski definition) is 3. The van der Waals surface area contributed by atoms with Crippen LogP contribution >= 0.6 is 11.6 Å². The molecule has 0 radical (unpaired) electrons. The molecule has 0 saturated carbocycles. The van der Waals surface area contributed by atoms with E-state index in [2.05, 4.69) is 4.98 Å². The predicted octanol–water partition coefficient (Wildman–Crippen LogP) is 1.20. The van der Waals surface area contributed by atoms with Gasteiger partial charge in [0, 0.05) is 24.3 Å². The Morgan fingerprint density at radius 1 is 1.47 bits per heavy atom. The summed E-state index contributed by atoms with van der Waals surface area (Å²) >= 11 is 5.76. The van der Waals surface area contributed by atoms with Crippen LogP contribution in [0, 0.1) is 12.8 Å². The first-order valence-corrected chi connectivity index (χ1v) is 5.51. The number of carboxylic acids is 1. The van der Waals surface area contributed by atoms with E-state index in [1.807, 2.05) is 0 Å². The van der Waals surface area contributed by atoms with Crippen LogP contribution in [0.4, 0.5) is 0 Å². The molecule has 1 saturated heterocycles. The average Bonchev–Trinajstić information content (AvgIpc) is 2.12. The van der Waals surface area contributed by atoms with Gasteiger partial charge in [-0.2, -0.15) is 0 Å². The summed E-state index contributed by atoms with van der Waals surface area (Å²) in [6, 6.07) is 3.13. The van der Waals surface area contributed by atoms with Crippen molar-refractivity contribution < 1.29 is 14.7 Å². The van der Waals surface area contributed by atoms with Gasteiger partial charge in [-0.05, 0) is 19.1 Å². The molecule has 1 aliphatic rings. The highest BCUT2D eigenvalue weighted by Gasteiger charge is 2.36. The molecule has 1 fully saturated rings. The molecule has 1 N–H and O–H groups in total. The van der Waals surface area contributed by atoms with Gasteiger partial charge >= 0.3 is 5.97 Å². The molecule has 1 aromatic heterocycles. The molecule has 0 spiro atoms. The first-order chi connectivity index (χ1) is 7.97. The van der Waals surface area contributed by atoms with Crippen molar-refractivity contribution in [1.82, 2.24) is 9.88 Å². The summed E-state index contributed by atoms with van der Waals surface area (Å²) in [6.45, 7) is 2.26. The molecule has 0 atom stereocenters. The molecule has 2 rings (SSSR count). The minimum absolute atomic E-state index is 0.199. The number of carboxylic acid groups (broad SMARTS) is 1. The molecule has 6 heteroatoms. The number of hydrogen-bond donors (Lipinski definition) is 1. The van der Waals surface area contributed by atoms with Crippen molar-refractivity contribution in [1.29, 1.82) is 0 Å². The van der Waals surface area contributed by atoms with E-state index in [0.29, 0.717) is 11.3 Å². The summed E-state index contributed by atoms with van der Waals surface area (Å²) in [5, 5.41) is 8.99. The highest BCUT2D eigenvalue weighted by molar-refractivity contribution is 6.29. The molecular weight excluding hydrogens is 244 g/mol. The maximum Gasteiger partial charge on any atom is 0.310 e. The van der Waals surface area contributed by atoms with Crippen LogP contribution < -0.4 is 0 Å². The third-order valence-corrected chi connectivity index (χ3v) is 2.88. The second-order valence-corrected chi connectivity index (χ2v) is 4.45. The third kappa shape index (κ3) is 2.39. The number of aliphatic carboxylic acids is 1. The van der Waals surface area contributed by atoms with Crippen molar-refractivity contribution in [3.8, 4) is 0 Å². The van der Waals surface area contributed by atoms with Crippen LogP contribution in [0.25, 0.3) is 0 Å². The topological polar surface area (TPSA) is 70.5 Å². The first-order valence-electron chi connectivity index (χ1n) is 5.13. The van der Waals surface area contributed by atoms with Gasteiger partial charge in [0.25, 0.3) is 5.91 Å². The number of carbonyl (C=O) groups excluding carboxylic acids is 1. The smallest absolute Gasteiger partial charge is 0.310 e. The van der Waals surface area contributed by atoms with E-state index in [1.165, 1.54) is 11.0 Å². The normalized spacial score (nSPS) is 15.5. The molecule has 0 aromatic carbocycles. The zero-order chi connectivity index (χ0) is 12.6. The summed E-state index contributed by atoms with van der Waals surface area (Å²) in [6.07, 6.45) is 0. The van der Waals surface area contributed by atoms with Gasteiger partial charge < -0.3 is 10.0 Å². The Kier molecular flexibility index (Phi) is 3.02. The van der Waals surface area contributed by atoms with Gasteiger partial charge in [-0.1, -0.05) is 11.6 Å². The van der Waals surface area contributed by atoms with Crippen LogP contribution in [0.5, 0.6) is 0 Å². The highest BCUT2D eigenvalue weighted by Crippen LogP contribution is 2.20. The Bertz CT molecular complexity index is 463. The van der Waals surface area contributed by atoms with Crippen molar-refractivity contribution in [3.05, 3.63) is 28.5 Å². The molecule has 1 aromatic rings. The summed E-state index contributed by atoms with van der Waals surface area (Å²) in [7, 11) is 0. The monoisotopic (exact) mass is 254 g/mol. The van der Waals surface area contributed by atoms with Gasteiger partial charge in [0.05, 0.1) is 5.92 Å². The van der Waals surface area contributed by atoms with E-state index in [-0.39, 0.29) is 24.1 Å². The molecule has 0 unspecified atom stereocenters. The van der Waals surface area contributed by atoms with Crippen LogP contribution in [0.3, 0.4) is 0 Å². The summed E-state index contributed by atoms with van der Waals surface area (Å²) in [5.74, 6) is -1.51. The summed E-state index contributed by atoms with van der Waals surface area (Å²) < 4.78 is 0. The maximum absolute atomic E-state index is 11.9. The van der Waals surface area contributed by atoms with Crippen LogP contribution in [-0.2, 0) is 4.79 Å². The minimum Gasteiger partial charge on any atom is -0.481 e. The quantitative estimate of drug-likeness (QED) is 0.805. The van der Waals surface area contributed by atoms with Gasteiger partial charge in [0.1, 0.15) is 5.15 Å². The number of nitrogens with zero attached hydrogens (tertiary/aromatic N) is 2. The van der Waals surface area contributed by atoms with Crippen LogP contribution in [-0.4, -0.2) is 40.0 Å². The Labute approximate surface area is 103 Å². The van der Waals surface area contributed by atoms with Gasteiger partial charge in [0.2, 0.25) is 0 Å². The number of likely N-dealkylation sites (tertiary alicyclic amines) is 1. The van der Waals surface area contributed by atoms with E-state index >= 15 is 0 Å². The van der Waals surface area contributed by atoms with Gasteiger partial charge in [0.15, 0.2) is 0 Å². The van der Waals surface area contributed by atoms with E-state index in [4.69, 9.17) is 16.7 Å². The molecule has 5 nitrogen and oxygen atoms in total. The fourth-order valence-electron chi connectivity index (χ4n) is 1.73. The summed E-state index contributed by atoms with van der Waals surface area (Å²) in [5.41, 5.74) is 1.11. The fraction of sp³-hybridized carbons (Fsp3) is 0.364. The number of carbonyl (C=O) groups is 2. The Hall–Kier alpha value is -1.62. The van der Waals surface area contributed by atoms with Crippen LogP contribution in [0.1, 0.15) is 16.1 Å². The van der Waals surface area contributed by atoms with E-state index < -0.39 is 11.9 Å². The summed E-state index contributed by atoms with van der Waals surface area (Å²) in [4.78, 5) is 28.0. The van der Waals surface area contributed by atoms with Crippen LogP contribution in [0.15, 0.2) is 12.1 Å². The Morgan fingerprint density at radius 2 is 2.12 bits per heavy atom. The largest absolute Gasteiger partial charge is 0.481 e. The van der Waals surface area contributed by atoms with E-state index in [0.717, 1.165) is 0 Å². The van der Waals surface area contributed by atoms with E-state index in [9.17, 15) is 9.59 Å². The van der Waals surface area contributed by atoms with Crippen molar-refractivity contribution in [3.63, 3.8) is 0 Å². The fourth-order valence-corrected chi connectivity index (χ4v) is 1.99. The number of pyridine rings is 1. The lowest BCUT2D eigenvalue weighted by molar-refractivity contribution is -0.146. The zero-order valence-corrected chi connectivity index (χ0v) is 9.94. The zero-order valence-electron chi connectivity index (χ0n) is 9.18. The molecule has 17 heavy (non-hydrogen) atoms. The minimum atomic E-state index is -0.863. The Balaban J connectivity index is 2.09. The second-order valence-electron chi connectivity index (χ2n) is 4.07. The number of aryl methyl sites for hydroxylation is 1. The number of rotatable bonds is 2. The lowest BCUT2D eigenvalue weighted by Gasteiger charge is -2.36. The lowest BCUT2D eigenvalue weighted by Crippen LogP contribution is -2.53. The van der Waals surface area contributed by atoms with Gasteiger partial charge in [-0.3, -0.25) is 9.59 Å². The second kappa shape index (κ2) is 4.33. The molecule has 1 amide bonds. The SMILES string of the molecule is Cc1cc(C(=O)N2CC(C(=O)O)C2)cc(Cl)n1. The maximum atomic E-state index is 11.9. The highest BCUT2D eigenvalue weighted by atomic mass is 35.5. The lowest BCUT2D eigenvalue weighted by atomic mass is 9.99. The van der Waals surface area contributed by atoms with Gasteiger partial charge in [-0.15, -0.1) is 0 Å². The van der Waals surface area contributed by atoms with E-state index in [1.54, 1.807) is 13.0 Å². The van der Waals surface area contributed by atoms with Crippen molar-refractivity contribution >= 4 is 23.5 Å². The number of aromatic nitrogens is 1. The van der Waals surface area contributed by atoms with Gasteiger partial charge in [-0.25, -0.2) is 4.98 Å². The average molecular weight is 255 g/mol. The standard InChI is InChI=1S/C11H11ClN2O3/c1-6-2-7(3-9(12)13-6)10(15)14-4-8(5-14)11(16)17/h2-3,8H,4-5H2,1H3,(H,16,17). The van der Waals surface area contributed by atoms with Crippen molar-refractivity contribution in [2.24, 2.45) is 5.92 Å². The third-order valence-electron chi connectivity index (χ3n) is 2.69. The van der Waals surface area contributed by atoms with Crippen molar-refractivity contribution in [2.45, 2.75) is 6.92 Å². The molecular formula is C11H11ClN2O3. The molecule has 1 aliphatic heterocycles. The molecule has 0 aliphatic carbocycles. The predicted molar refractivity (Wildman–Crippen MR) is 61.0 cm³/mol. The van der Waals surface area contributed by atoms with Crippen molar-refractivity contribution in [2.75, 3.05) is 13.1 Å². The molecule has 2 heterocycles. The Morgan fingerprint density at radius 3 is 2.65 bits per heavy atom. The molecule has 0 bridgehead atoms. The first kappa shape index (κ1) is 11.9. The number of amides is 1. The van der Waals surface area contributed by atoms with Crippen LogP contribution in [0.2, 0.25) is 5.15 Å². The number of halogens is 1. The molecule has 90 valence electrons.